The summed E-state index contributed by atoms with van der Waals surface area (Å²) >= 11 is 0. The molecule has 0 fully saturated rings. The summed E-state index contributed by atoms with van der Waals surface area (Å²) < 4.78 is 3.51. The van der Waals surface area contributed by atoms with Gasteiger partial charge in [-0.2, -0.15) is 5.10 Å². The molecule has 0 aliphatic rings. The maximum absolute atomic E-state index is 9.30. The third-order valence-electron chi connectivity index (χ3n) is 2.37. The minimum atomic E-state index is -0.563. The van der Waals surface area contributed by atoms with E-state index in [1.165, 1.54) is 0 Å². The second-order valence-corrected chi connectivity index (χ2v) is 3.85. The van der Waals surface area contributed by atoms with E-state index in [0.717, 1.165) is 18.5 Å². The Kier molecular flexibility index (Phi) is 3.00. The van der Waals surface area contributed by atoms with Gasteiger partial charge in [-0.15, -0.1) is 5.10 Å². The lowest BCUT2D eigenvalue weighted by Crippen LogP contribution is -2.01. The molecule has 0 aliphatic heterocycles. The molecule has 0 spiro atoms. The molecule has 1 N–H and O–H groups in total. The molecule has 6 nitrogen and oxygen atoms in total. The topological polar surface area (TPSA) is 68.8 Å². The number of rotatable bonds is 4. The molecular weight excluding hydrogens is 206 g/mol. The smallest absolute Gasteiger partial charge is 0.111 e. The molecule has 0 aromatic carbocycles. The summed E-state index contributed by atoms with van der Waals surface area (Å²) in [4.78, 5) is 0. The minimum absolute atomic E-state index is 0.563. The SMILES string of the molecule is CC(O)c1cn(CCc2cnn(C)c2)nn1. The molecule has 6 heteroatoms. The van der Waals surface area contributed by atoms with Gasteiger partial charge in [0.25, 0.3) is 0 Å². The molecule has 0 saturated heterocycles. The molecule has 2 rings (SSSR count). The van der Waals surface area contributed by atoms with Crippen LogP contribution in [-0.2, 0) is 20.0 Å². The molecule has 1 atom stereocenters. The summed E-state index contributed by atoms with van der Waals surface area (Å²) in [5, 5.41) is 21.2. The van der Waals surface area contributed by atoms with E-state index in [1.54, 1.807) is 22.5 Å². The van der Waals surface area contributed by atoms with Gasteiger partial charge in [0, 0.05) is 19.8 Å². The third kappa shape index (κ3) is 2.46. The maximum Gasteiger partial charge on any atom is 0.111 e. The zero-order valence-electron chi connectivity index (χ0n) is 9.41. The predicted octanol–water partition coefficient (Wildman–Crippen LogP) is 0.308. The molecule has 2 aromatic heterocycles. The monoisotopic (exact) mass is 221 g/mol. The first kappa shape index (κ1) is 10.8. The van der Waals surface area contributed by atoms with E-state index < -0.39 is 6.10 Å². The largest absolute Gasteiger partial charge is 0.387 e. The van der Waals surface area contributed by atoms with Crippen LogP contribution in [0.25, 0.3) is 0 Å². The minimum Gasteiger partial charge on any atom is -0.387 e. The summed E-state index contributed by atoms with van der Waals surface area (Å²) in [6.07, 6.45) is 5.88. The maximum atomic E-state index is 9.30. The number of nitrogens with zero attached hydrogens (tertiary/aromatic N) is 5. The molecule has 1 unspecified atom stereocenters. The second kappa shape index (κ2) is 4.44. The fourth-order valence-corrected chi connectivity index (χ4v) is 1.46. The van der Waals surface area contributed by atoms with Gasteiger partial charge in [-0.1, -0.05) is 5.21 Å². The van der Waals surface area contributed by atoms with Crippen LogP contribution < -0.4 is 0 Å². The molecular formula is C10H15N5O. The van der Waals surface area contributed by atoms with Crippen molar-refractivity contribution in [3.8, 4) is 0 Å². The second-order valence-electron chi connectivity index (χ2n) is 3.85. The van der Waals surface area contributed by atoms with Crippen LogP contribution in [0.15, 0.2) is 18.6 Å². The van der Waals surface area contributed by atoms with Crippen LogP contribution in [0, 0.1) is 0 Å². The molecule has 0 radical (unpaired) electrons. The lowest BCUT2D eigenvalue weighted by molar-refractivity contribution is 0.194. The van der Waals surface area contributed by atoms with Crippen LogP contribution in [0.4, 0.5) is 0 Å². The van der Waals surface area contributed by atoms with E-state index in [0.29, 0.717) is 5.69 Å². The average Bonchev–Trinajstić information content (AvgIpc) is 2.83. The number of aromatic nitrogens is 5. The Morgan fingerprint density at radius 2 is 2.25 bits per heavy atom. The molecule has 2 aromatic rings. The van der Waals surface area contributed by atoms with Crippen LogP contribution in [-0.4, -0.2) is 29.9 Å². The molecule has 0 aliphatic carbocycles. The van der Waals surface area contributed by atoms with Gasteiger partial charge in [0.1, 0.15) is 5.69 Å². The van der Waals surface area contributed by atoms with E-state index in [2.05, 4.69) is 15.4 Å². The zero-order valence-corrected chi connectivity index (χ0v) is 9.41. The Labute approximate surface area is 93.5 Å². The number of aryl methyl sites for hydroxylation is 3. The van der Waals surface area contributed by atoms with Crippen LogP contribution in [0.1, 0.15) is 24.3 Å². The number of hydrogen-bond acceptors (Lipinski definition) is 4. The first-order chi connectivity index (χ1) is 7.65. The van der Waals surface area contributed by atoms with Gasteiger partial charge in [0.05, 0.1) is 18.5 Å². The van der Waals surface area contributed by atoms with Crippen LogP contribution >= 0.6 is 0 Å². The normalized spacial score (nSPS) is 12.9. The van der Waals surface area contributed by atoms with Crippen molar-refractivity contribution in [1.82, 2.24) is 24.8 Å². The summed E-state index contributed by atoms with van der Waals surface area (Å²) in [6, 6.07) is 0. The Morgan fingerprint density at radius 1 is 1.44 bits per heavy atom. The molecule has 86 valence electrons. The van der Waals surface area contributed by atoms with Gasteiger partial charge in [-0.05, 0) is 18.9 Å². The quantitative estimate of drug-likeness (QED) is 0.806. The lowest BCUT2D eigenvalue weighted by atomic mass is 10.2. The highest BCUT2D eigenvalue weighted by Crippen LogP contribution is 2.07. The molecule has 2 heterocycles. The van der Waals surface area contributed by atoms with Crippen molar-refractivity contribution in [2.24, 2.45) is 7.05 Å². The van der Waals surface area contributed by atoms with Gasteiger partial charge in [-0.25, -0.2) is 0 Å². The molecule has 0 saturated carbocycles. The van der Waals surface area contributed by atoms with Crippen LogP contribution in [0.5, 0.6) is 0 Å². The lowest BCUT2D eigenvalue weighted by Gasteiger charge is -1.97. The Bertz CT molecular complexity index is 459. The standard InChI is InChI=1S/C10H15N5O/c1-8(16)10-7-15(13-12-10)4-3-9-5-11-14(2)6-9/h5-8,16H,3-4H2,1-2H3. The van der Waals surface area contributed by atoms with Crippen LogP contribution in [0.2, 0.25) is 0 Å². The zero-order chi connectivity index (χ0) is 11.5. The van der Waals surface area contributed by atoms with E-state index >= 15 is 0 Å². The van der Waals surface area contributed by atoms with Gasteiger partial charge in [0.15, 0.2) is 0 Å². The summed E-state index contributed by atoms with van der Waals surface area (Å²) in [6.45, 7) is 2.42. The van der Waals surface area contributed by atoms with Gasteiger partial charge in [0.2, 0.25) is 0 Å². The summed E-state index contributed by atoms with van der Waals surface area (Å²) in [7, 11) is 1.89. The van der Waals surface area contributed by atoms with E-state index in [1.807, 2.05) is 19.4 Å². The van der Waals surface area contributed by atoms with Crippen molar-refractivity contribution < 1.29 is 5.11 Å². The average molecular weight is 221 g/mol. The van der Waals surface area contributed by atoms with E-state index in [4.69, 9.17) is 0 Å². The van der Waals surface area contributed by atoms with Gasteiger partial charge >= 0.3 is 0 Å². The van der Waals surface area contributed by atoms with Crippen molar-refractivity contribution in [1.29, 1.82) is 0 Å². The number of aliphatic hydroxyl groups excluding tert-OH is 1. The highest BCUT2D eigenvalue weighted by molar-refractivity contribution is 5.03. The van der Waals surface area contributed by atoms with E-state index in [9.17, 15) is 5.11 Å². The molecule has 0 bridgehead atoms. The highest BCUT2D eigenvalue weighted by Gasteiger charge is 2.06. The highest BCUT2D eigenvalue weighted by atomic mass is 16.3. The molecule has 0 amide bonds. The van der Waals surface area contributed by atoms with Crippen molar-refractivity contribution >= 4 is 0 Å². The first-order valence-corrected chi connectivity index (χ1v) is 5.21. The fourth-order valence-electron chi connectivity index (χ4n) is 1.46. The van der Waals surface area contributed by atoms with Crippen molar-refractivity contribution in [2.45, 2.75) is 26.0 Å². The Hall–Kier alpha value is -1.69. The number of hydrogen-bond donors (Lipinski definition) is 1. The Balaban J connectivity index is 1.94. The van der Waals surface area contributed by atoms with Crippen molar-refractivity contribution in [2.75, 3.05) is 0 Å². The van der Waals surface area contributed by atoms with Crippen molar-refractivity contribution in [3.05, 3.63) is 29.8 Å². The van der Waals surface area contributed by atoms with Gasteiger partial charge in [-0.3, -0.25) is 9.36 Å². The molecule has 16 heavy (non-hydrogen) atoms. The first-order valence-electron chi connectivity index (χ1n) is 5.21. The van der Waals surface area contributed by atoms with E-state index in [-0.39, 0.29) is 0 Å². The van der Waals surface area contributed by atoms with Gasteiger partial charge < -0.3 is 5.11 Å². The Morgan fingerprint density at radius 3 is 2.81 bits per heavy atom. The fraction of sp³-hybridized carbons (Fsp3) is 0.500. The summed E-state index contributed by atoms with van der Waals surface area (Å²) in [5.41, 5.74) is 1.77. The third-order valence-corrected chi connectivity index (χ3v) is 2.37. The predicted molar refractivity (Wildman–Crippen MR) is 57.6 cm³/mol. The van der Waals surface area contributed by atoms with Crippen LogP contribution in [0.3, 0.4) is 0 Å². The summed E-state index contributed by atoms with van der Waals surface area (Å²) in [5.74, 6) is 0. The van der Waals surface area contributed by atoms with Crippen molar-refractivity contribution in [3.63, 3.8) is 0 Å². The number of aliphatic hydroxyl groups is 1.